The molecule has 0 N–H and O–H groups in total. The van der Waals surface area contributed by atoms with Crippen LogP contribution in [-0.2, 0) is 6.42 Å². The van der Waals surface area contributed by atoms with Gasteiger partial charge in [0, 0.05) is 11.6 Å². The minimum Gasteiger partial charge on any atom is -0.315 e. The molecule has 2 heteroatoms. The molecule has 0 radical (unpaired) electrons. The van der Waals surface area contributed by atoms with Crippen LogP contribution in [0.4, 0.5) is 0 Å². The molecule has 102 valence electrons. The SMILES string of the molecule is CC(C)Cc1cn(-c2ccccc2Cl)c2ccccc12. The largest absolute Gasteiger partial charge is 0.315 e. The van der Waals surface area contributed by atoms with Crippen molar-refractivity contribution < 1.29 is 0 Å². The van der Waals surface area contributed by atoms with Gasteiger partial charge in [0.1, 0.15) is 0 Å². The number of hydrogen-bond donors (Lipinski definition) is 0. The summed E-state index contributed by atoms with van der Waals surface area (Å²) in [5.74, 6) is 0.639. The maximum absolute atomic E-state index is 6.35. The molecule has 1 aromatic heterocycles. The number of hydrogen-bond acceptors (Lipinski definition) is 0. The maximum atomic E-state index is 6.35. The molecule has 2 aromatic carbocycles. The van der Waals surface area contributed by atoms with Gasteiger partial charge in [-0.2, -0.15) is 0 Å². The van der Waals surface area contributed by atoms with Crippen molar-refractivity contribution in [2.24, 2.45) is 5.92 Å². The molecule has 0 fully saturated rings. The Morgan fingerprint density at radius 3 is 2.45 bits per heavy atom. The summed E-state index contributed by atoms with van der Waals surface area (Å²) in [5, 5.41) is 2.10. The van der Waals surface area contributed by atoms with Crippen molar-refractivity contribution in [2.75, 3.05) is 0 Å². The summed E-state index contributed by atoms with van der Waals surface area (Å²) in [6.07, 6.45) is 3.31. The molecule has 0 atom stereocenters. The molecule has 0 aliphatic carbocycles. The molecule has 0 saturated carbocycles. The average Bonchev–Trinajstić information content (AvgIpc) is 2.78. The predicted molar refractivity (Wildman–Crippen MR) is 86.8 cm³/mol. The van der Waals surface area contributed by atoms with Crippen molar-refractivity contribution in [2.45, 2.75) is 20.3 Å². The van der Waals surface area contributed by atoms with Crippen LogP contribution in [0.1, 0.15) is 19.4 Å². The van der Waals surface area contributed by atoms with Crippen molar-refractivity contribution in [3.05, 3.63) is 65.3 Å². The second kappa shape index (κ2) is 5.34. The number of nitrogens with zero attached hydrogens (tertiary/aromatic N) is 1. The van der Waals surface area contributed by atoms with Gasteiger partial charge in [-0.3, -0.25) is 0 Å². The Balaban J connectivity index is 2.24. The fraction of sp³-hybridized carbons (Fsp3) is 0.222. The van der Waals surface area contributed by atoms with E-state index in [4.69, 9.17) is 11.6 Å². The summed E-state index contributed by atoms with van der Waals surface area (Å²) in [5.41, 5.74) is 3.65. The summed E-state index contributed by atoms with van der Waals surface area (Å²) in [7, 11) is 0. The molecule has 0 spiro atoms. The predicted octanol–water partition coefficient (Wildman–Crippen LogP) is 5.48. The maximum Gasteiger partial charge on any atom is 0.0646 e. The van der Waals surface area contributed by atoms with Gasteiger partial charge in [0.25, 0.3) is 0 Å². The van der Waals surface area contributed by atoms with Crippen LogP contribution in [0.5, 0.6) is 0 Å². The first-order valence-electron chi connectivity index (χ1n) is 7.00. The van der Waals surface area contributed by atoms with E-state index in [9.17, 15) is 0 Å². The highest BCUT2D eigenvalue weighted by Crippen LogP contribution is 2.29. The van der Waals surface area contributed by atoms with E-state index in [0.29, 0.717) is 5.92 Å². The molecule has 0 amide bonds. The number of fused-ring (bicyclic) bond motifs is 1. The van der Waals surface area contributed by atoms with Gasteiger partial charge in [-0.25, -0.2) is 0 Å². The van der Waals surface area contributed by atoms with E-state index in [1.807, 2.05) is 18.2 Å². The molecule has 1 nitrogen and oxygen atoms in total. The lowest BCUT2D eigenvalue weighted by Crippen LogP contribution is -1.94. The second-order valence-corrected chi connectivity index (χ2v) is 6.00. The summed E-state index contributed by atoms with van der Waals surface area (Å²) in [6, 6.07) is 16.5. The number of aromatic nitrogens is 1. The van der Waals surface area contributed by atoms with Gasteiger partial charge in [-0.05, 0) is 36.1 Å². The Bertz CT molecular complexity index is 740. The molecular weight excluding hydrogens is 266 g/mol. The van der Waals surface area contributed by atoms with E-state index in [-0.39, 0.29) is 0 Å². The van der Waals surface area contributed by atoms with Crippen LogP contribution < -0.4 is 0 Å². The lowest BCUT2D eigenvalue weighted by molar-refractivity contribution is 0.649. The van der Waals surface area contributed by atoms with E-state index < -0.39 is 0 Å². The highest BCUT2D eigenvalue weighted by atomic mass is 35.5. The van der Waals surface area contributed by atoms with E-state index in [2.05, 4.69) is 54.9 Å². The summed E-state index contributed by atoms with van der Waals surface area (Å²) < 4.78 is 2.20. The van der Waals surface area contributed by atoms with Crippen molar-refractivity contribution in [1.82, 2.24) is 4.57 Å². The van der Waals surface area contributed by atoms with E-state index in [0.717, 1.165) is 17.1 Å². The normalized spacial score (nSPS) is 11.4. The lowest BCUT2D eigenvalue weighted by Gasteiger charge is -2.07. The van der Waals surface area contributed by atoms with Crippen LogP contribution in [0.15, 0.2) is 54.7 Å². The monoisotopic (exact) mass is 283 g/mol. The lowest BCUT2D eigenvalue weighted by atomic mass is 10.0. The highest BCUT2D eigenvalue weighted by Gasteiger charge is 2.12. The molecule has 3 aromatic rings. The zero-order chi connectivity index (χ0) is 14.1. The van der Waals surface area contributed by atoms with Crippen LogP contribution >= 0.6 is 11.6 Å². The van der Waals surface area contributed by atoms with Crippen molar-refractivity contribution in [3.8, 4) is 5.69 Å². The van der Waals surface area contributed by atoms with Gasteiger partial charge in [0.05, 0.1) is 16.2 Å². The van der Waals surface area contributed by atoms with Gasteiger partial charge >= 0.3 is 0 Å². The topological polar surface area (TPSA) is 4.93 Å². The Hall–Kier alpha value is -1.73. The van der Waals surface area contributed by atoms with Crippen LogP contribution in [0.25, 0.3) is 16.6 Å². The van der Waals surface area contributed by atoms with Crippen molar-refractivity contribution in [3.63, 3.8) is 0 Å². The molecule has 0 saturated heterocycles. The highest BCUT2D eigenvalue weighted by molar-refractivity contribution is 6.32. The van der Waals surface area contributed by atoms with E-state index in [1.54, 1.807) is 0 Å². The minimum absolute atomic E-state index is 0.639. The zero-order valence-electron chi connectivity index (χ0n) is 11.8. The van der Waals surface area contributed by atoms with Gasteiger partial charge in [0.2, 0.25) is 0 Å². The summed E-state index contributed by atoms with van der Waals surface area (Å²) >= 11 is 6.35. The molecule has 0 aliphatic heterocycles. The number of benzene rings is 2. The van der Waals surface area contributed by atoms with Crippen LogP contribution in [0.2, 0.25) is 5.02 Å². The second-order valence-electron chi connectivity index (χ2n) is 5.59. The van der Waals surface area contributed by atoms with Gasteiger partial charge in [-0.15, -0.1) is 0 Å². The molecule has 3 rings (SSSR count). The molecule has 0 bridgehead atoms. The van der Waals surface area contributed by atoms with Gasteiger partial charge in [-0.1, -0.05) is 55.8 Å². The third kappa shape index (κ3) is 2.34. The third-order valence-corrected chi connectivity index (χ3v) is 3.85. The van der Waals surface area contributed by atoms with Crippen molar-refractivity contribution in [1.29, 1.82) is 0 Å². The number of halogens is 1. The van der Waals surface area contributed by atoms with Gasteiger partial charge < -0.3 is 4.57 Å². The van der Waals surface area contributed by atoms with Crippen LogP contribution in [-0.4, -0.2) is 4.57 Å². The summed E-state index contributed by atoms with van der Waals surface area (Å²) in [4.78, 5) is 0. The Labute approximate surface area is 124 Å². The molecule has 20 heavy (non-hydrogen) atoms. The average molecular weight is 284 g/mol. The third-order valence-electron chi connectivity index (χ3n) is 3.53. The first-order valence-corrected chi connectivity index (χ1v) is 7.38. The quantitative estimate of drug-likeness (QED) is 0.599. The van der Waals surface area contributed by atoms with Gasteiger partial charge in [0.15, 0.2) is 0 Å². The molecular formula is C18H18ClN. The fourth-order valence-electron chi connectivity index (χ4n) is 2.70. The number of rotatable bonds is 3. The fourth-order valence-corrected chi connectivity index (χ4v) is 2.93. The Morgan fingerprint density at radius 2 is 1.70 bits per heavy atom. The molecule has 1 heterocycles. The zero-order valence-corrected chi connectivity index (χ0v) is 12.6. The molecule has 0 aliphatic rings. The standard InChI is InChI=1S/C18H18ClN/c1-13(2)11-14-12-20(17-9-5-3-7-15(14)17)18-10-6-4-8-16(18)19/h3-10,12-13H,11H2,1-2H3. The van der Waals surface area contributed by atoms with Crippen LogP contribution in [0, 0.1) is 5.92 Å². The van der Waals surface area contributed by atoms with E-state index >= 15 is 0 Å². The first-order chi connectivity index (χ1) is 9.66. The Morgan fingerprint density at radius 1 is 1.00 bits per heavy atom. The minimum atomic E-state index is 0.639. The van der Waals surface area contributed by atoms with Crippen molar-refractivity contribution >= 4 is 22.5 Å². The molecule has 0 unspecified atom stereocenters. The first kappa shape index (κ1) is 13.3. The van der Waals surface area contributed by atoms with E-state index in [1.165, 1.54) is 16.5 Å². The smallest absolute Gasteiger partial charge is 0.0646 e. The summed E-state index contributed by atoms with van der Waals surface area (Å²) in [6.45, 7) is 4.50. The number of para-hydroxylation sites is 2. The van der Waals surface area contributed by atoms with Crippen LogP contribution in [0.3, 0.4) is 0 Å². The Kier molecular flexibility index (Phi) is 3.54.